The fourth-order valence-electron chi connectivity index (χ4n) is 5.41. The normalized spacial score (nSPS) is 13.9. The average molecular weight is 665 g/mol. The molecule has 246 valence electrons. The minimum Gasteiger partial charge on any atom is -0.478 e. The first-order chi connectivity index (χ1) is 23.7. The van der Waals surface area contributed by atoms with Gasteiger partial charge in [0, 0.05) is 43.5 Å². The molecule has 1 aliphatic heterocycles. The third-order valence-corrected chi connectivity index (χ3v) is 8.16. The van der Waals surface area contributed by atoms with Crippen LogP contribution in [0.15, 0.2) is 73.3 Å². The topological polar surface area (TPSA) is 117 Å². The van der Waals surface area contributed by atoms with Gasteiger partial charge in [-0.2, -0.15) is 0 Å². The first-order valence-corrected chi connectivity index (χ1v) is 15.3. The van der Waals surface area contributed by atoms with Crippen LogP contribution in [0.5, 0.6) is 5.88 Å². The van der Waals surface area contributed by atoms with Crippen molar-refractivity contribution in [2.75, 3.05) is 6.61 Å². The van der Waals surface area contributed by atoms with E-state index in [0.29, 0.717) is 41.3 Å². The summed E-state index contributed by atoms with van der Waals surface area (Å²) in [6.45, 7) is 0.769. The van der Waals surface area contributed by atoms with Gasteiger partial charge in [-0.15, -0.1) is 0 Å². The number of imidazole rings is 2. The van der Waals surface area contributed by atoms with Crippen molar-refractivity contribution < 1.29 is 32.5 Å². The summed E-state index contributed by atoms with van der Waals surface area (Å²) in [6.07, 6.45) is 5.33. The van der Waals surface area contributed by atoms with E-state index in [1.165, 1.54) is 36.5 Å². The van der Waals surface area contributed by atoms with Gasteiger partial charge in [-0.3, -0.25) is 4.98 Å². The molecular weight excluding hydrogens is 637 g/mol. The van der Waals surface area contributed by atoms with Crippen molar-refractivity contribution in [2.45, 2.75) is 32.1 Å². The molecule has 0 saturated carbocycles. The van der Waals surface area contributed by atoms with Crippen LogP contribution in [-0.4, -0.2) is 52.9 Å². The number of fused-ring (bicyclic) bond motifs is 1. The van der Waals surface area contributed by atoms with Gasteiger partial charge in [-0.1, -0.05) is 12.0 Å². The number of carbonyl (C=O) groups is 1. The molecule has 1 saturated heterocycles. The number of ether oxygens (including phenoxy) is 2. The number of aromatic carboxylic acids is 1. The second-order valence-corrected chi connectivity index (χ2v) is 11.5. The van der Waals surface area contributed by atoms with Gasteiger partial charge >= 0.3 is 5.97 Å². The van der Waals surface area contributed by atoms with Crippen molar-refractivity contribution in [1.82, 2.24) is 29.1 Å². The number of hydrogen-bond donors (Lipinski definition) is 1. The molecule has 1 N–H and O–H groups in total. The van der Waals surface area contributed by atoms with Crippen molar-refractivity contribution in [3.05, 3.63) is 125 Å². The number of carboxylic acids is 1. The summed E-state index contributed by atoms with van der Waals surface area (Å²) >= 11 is 0. The first kappa shape index (κ1) is 31.6. The van der Waals surface area contributed by atoms with Crippen molar-refractivity contribution in [1.29, 1.82) is 0 Å². The Hall–Kier alpha value is -6.00. The zero-order valence-corrected chi connectivity index (χ0v) is 26.0. The molecule has 1 fully saturated rings. The van der Waals surface area contributed by atoms with Crippen molar-refractivity contribution in [3.63, 3.8) is 0 Å². The van der Waals surface area contributed by atoms with Crippen LogP contribution in [-0.2, 0) is 31.4 Å². The minimum atomic E-state index is -1.08. The largest absolute Gasteiger partial charge is 0.478 e. The fraction of sp³-hybridized carbons (Fsp3) is 0.194. The Bertz CT molecular complexity index is 2290. The van der Waals surface area contributed by atoms with Crippen LogP contribution in [0.1, 0.15) is 45.1 Å². The van der Waals surface area contributed by atoms with Gasteiger partial charge in [0.2, 0.25) is 5.88 Å². The highest BCUT2D eigenvalue weighted by Crippen LogP contribution is 2.29. The number of pyridine rings is 2. The van der Waals surface area contributed by atoms with Crippen LogP contribution in [0.4, 0.5) is 13.2 Å². The molecule has 1 atom stereocenters. The fourth-order valence-corrected chi connectivity index (χ4v) is 5.41. The van der Waals surface area contributed by atoms with Crippen LogP contribution in [0.2, 0.25) is 0 Å². The van der Waals surface area contributed by atoms with Gasteiger partial charge in [-0.25, -0.2) is 32.9 Å². The molecule has 1 aliphatic rings. The molecule has 10 nitrogen and oxygen atoms in total. The monoisotopic (exact) mass is 664 g/mol. The quantitative estimate of drug-likeness (QED) is 0.196. The molecule has 6 aromatic rings. The maximum Gasteiger partial charge on any atom is 0.335 e. The summed E-state index contributed by atoms with van der Waals surface area (Å²) in [5.74, 6) is 3.18. The lowest BCUT2D eigenvalue weighted by Crippen LogP contribution is -2.31. The Morgan fingerprint density at radius 2 is 1.90 bits per heavy atom. The maximum absolute atomic E-state index is 15.6. The summed E-state index contributed by atoms with van der Waals surface area (Å²) in [4.78, 5) is 28.6. The molecule has 7 rings (SSSR count). The van der Waals surface area contributed by atoms with E-state index in [9.17, 15) is 14.3 Å². The Kier molecular flexibility index (Phi) is 8.54. The van der Waals surface area contributed by atoms with E-state index >= 15 is 8.78 Å². The highest BCUT2D eigenvalue weighted by Gasteiger charge is 2.24. The Morgan fingerprint density at radius 1 is 1.04 bits per heavy atom. The van der Waals surface area contributed by atoms with E-state index in [4.69, 9.17) is 9.47 Å². The Morgan fingerprint density at radius 3 is 2.63 bits per heavy atom. The predicted molar refractivity (Wildman–Crippen MR) is 171 cm³/mol. The van der Waals surface area contributed by atoms with E-state index in [1.54, 1.807) is 40.8 Å². The van der Waals surface area contributed by atoms with E-state index in [2.05, 4.69) is 31.8 Å². The van der Waals surface area contributed by atoms with Crippen molar-refractivity contribution >= 4 is 17.0 Å². The number of carboxylic acid groups (broad SMARTS) is 1. The summed E-state index contributed by atoms with van der Waals surface area (Å²) < 4.78 is 60.7. The maximum atomic E-state index is 15.6. The van der Waals surface area contributed by atoms with Gasteiger partial charge in [0.15, 0.2) is 0 Å². The first-order valence-electron chi connectivity index (χ1n) is 15.3. The number of aryl methyl sites for hydroxylation is 1. The lowest BCUT2D eigenvalue weighted by molar-refractivity contribution is -0.0589. The van der Waals surface area contributed by atoms with Crippen LogP contribution < -0.4 is 4.74 Å². The van der Waals surface area contributed by atoms with Gasteiger partial charge in [0.1, 0.15) is 41.3 Å². The van der Waals surface area contributed by atoms with Crippen molar-refractivity contribution in [3.8, 4) is 29.0 Å². The van der Waals surface area contributed by atoms with Crippen LogP contribution in [0.25, 0.3) is 22.3 Å². The molecule has 0 unspecified atom stereocenters. The zero-order valence-electron chi connectivity index (χ0n) is 26.0. The molecule has 5 heterocycles. The number of aromatic nitrogens is 6. The number of halogens is 3. The Balaban J connectivity index is 1.09. The molecule has 49 heavy (non-hydrogen) atoms. The summed E-state index contributed by atoms with van der Waals surface area (Å²) in [6, 6.07) is 12.6. The van der Waals surface area contributed by atoms with Gasteiger partial charge in [0.05, 0.1) is 47.5 Å². The lowest BCUT2D eigenvalue weighted by Gasteiger charge is -2.27. The van der Waals surface area contributed by atoms with Gasteiger partial charge in [-0.05, 0) is 60.4 Å². The molecule has 0 amide bonds. The number of nitrogens with zero attached hydrogens (tertiary/aromatic N) is 6. The highest BCUT2D eigenvalue weighted by molar-refractivity contribution is 5.92. The molecule has 0 spiro atoms. The van der Waals surface area contributed by atoms with E-state index in [-0.39, 0.29) is 53.1 Å². The van der Waals surface area contributed by atoms with Gasteiger partial charge in [0.25, 0.3) is 0 Å². The summed E-state index contributed by atoms with van der Waals surface area (Å²) in [5.41, 5.74) is 2.36. The molecule has 2 aromatic carbocycles. The lowest BCUT2D eigenvalue weighted by atomic mass is 10.0. The molecule has 13 heteroatoms. The highest BCUT2D eigenvalue weighted by atomic mass is 19.1. The molecular formula is C36H27F3N6O4. The van der Waals surface area contributed by atoms with E-state index < -0.39 is 23.4 Å². The number of rotatable bonds is 9. The molecule has 0 radical (unpaired) electrons. The molecule has 0 aliphatic carbocycles. The van der Waals surface area contributed by atoms with Crippen LogP contribution >= 0.6 is 0 Å². The smallest absolute Gasteiger partial charge is 0.335 e. The van der Waals surface area contributed by atoms with E-state index in [1.807, 2.05) is 0 Å². The third kappa shape index (κ3) is 6.72. The molecule has 4 aromatic heterocycles. The zero-order chi connectivity index (χ0) is 34.1. The third-order valence-electron chi connectivity index (χ3n) is 8.16. The second-order valence-electron chi connectivity index (χ2n) is 11.5. The molecule has 0 bridgehead atoms. The van der Waals surface area contributed by atoms with Crippen molar-refractivity contribution in [2.24, 2.45) is 7.05 Å². The van der Waals surface area contributed by atoms with Gasteiger partial charge < -0.3 is 23.7 Å². The second kappa shape index (κ2) is 13.2. The van der Waals surface area contributed by atoms with Crippen LogP contribution in [0.3, 0.4) is 0 Å². The number of benzene rings is 2. The SMILES string of the molecule is Cn1cncc1C#Cc1cnc(COc2cccc(-c3cc(F)c(Cc4nc5ccc(C(=O)O)cc5n4C[C@@H]4CCO4)cc3F)n2)c(F)c1. The average Bonchev–Trinajstić information content (AvgIpc) is 3.64. The van der Waals surface area contributed by atoms with E-state index in [0.717, 1.165) is 18.6 Å². The summed E-state index contributed by atoms with van der Waals surface area (Å²) in [7, 11) is 1.80. The number of hydrogen-bond acceptors (Lipinski definition) is 7. The Labute approximate surface area is 277 Å². The summed E-state index contributed by atoms with van der Waals surface area (Å²) in [5, 5.41) is 9.49. The predicted octanol–water partition coefficient (Wildman–Crippen LogP) is 5.70. The standard InChI is InChI=1S/C36H27F3N6O4/c1-44-20-40-17-24(44)7-5-21-11-29(39)32(41-16-21)19-49-35-4-2-3-30(43-35)26-15-27(37)23(12-28(26)38)14-34-42-31-8-6-22(36(46)47)13-33(31)45(34)18-25-9-10-48-25/h2-4,6,8,11-13,15-17,20,25H,9-10,14,18-19H2,1H3,(H,46,47)/t25-/m0/s1. The minimum absolute atomic E-state index is 0.0222. The van der Waals surface area contributed by atoms with Crippen LogP contribution in [0, 0.1) is 29.3 Å².